The van der Waals surface area contributed by atoms with Crippen molar-refractivity contribution in [3.05, 3.63) is 46.2 Å². The first-order chi connectivity index (χ1) is 11.2. The lowest BCUT2D eigenvalue weighted by molar-refractivity contribution is 0.0948. The Morgan fingerprint density at radius 1 is 1.35 bits per heavy atom. The number of benzene rings is 1. The first-order valence-corrected chi connectivity index (χ1v) is 8.41. The van der Waals surface area contributed by atoms with E-state index in [1.54, 1.807) is 5.38 Å². The van der Waals surface area contributed by atoms with E-state index >= 15 is 0 Å². The van der Waals surface area contributed by atoms with Crippen LogP contribution in [0.2, 0.25) is 0 Å². The summed E-state index contributed by atoms with van der Waals surface area (Å²) >= 11 is 1.47. The molecule has 0 saturated carbocycles. The lowest BCUT2D eigenvalue weighted by atomic mass is 10.3. The first kappa shape index (κ1) is 15.6. The van der Waals surface area contributed by atoms with Gasteiger partial charge in [0.1, 0.15) is 11.5 Å². The highest BCUT2D eigenvalue weighted by atomic mass is 32.1. The average Bonchev–Trinajstić information content (AvgIpc) is 3.13. The smallest absolute Gasteiger partial charge is 0.270 e. The Hall–Kier alpha value is -2.25. The molecule has 0 aliphatic rings. The zero-order valence-corrected chi connectivity index (χ0v) is 13.8. The van der Waals surface area contributed by atoms with Crippen molar-refractivity contribution in [1.29, 1.82) is 0 Å². The Kier molecular flexibility index (Phi) is 4.68. The minimum absolute atomic E-state index is 0.147. The van der Waals surface area contributed by atoms with Crippen molar-refractivity contribution in [2.24, 2.45) is 5.73 Å². The van der Waals surface area contributed by atoms with Crippen molar-refractivity contribution in [3.8, 4) is 0 Å². The zero-order valence-electron chi connectivity index (χ0n) is 13.0. The summed E-state index contributed by atoms with van der Waals surface area (Å²) < 4.78 is 2.11. The molecule has 3 rings (SSSR count). The van der Waals surface area contributed by atoms with Gasteiger partial charge in [-0.3, -0.25) is 4.79 Å². The summed E-state index contributed by atoms with van der Waals surface area (Å²) in [6.45, 7) is 3.73. The van der Waals surface area contributed by atoms with Crippen molar-refractivity contribution >= 4 is 28.3 Å². The molecule has 0 atom stereocenters. The maximum Gasteiger partial charge on any atom is 0.270 e. The molecule has 0 aliphatic carbocycles. The van der Waals surface area contributed by atoms with Gasteiger partial charge in [-0.25, -0.2) is 9.97 Å². The number of hydrogen-bond acceptors (Lipinski definition) is 5. The highest BCUT2D eigenvalue weighted by molar-refractivity contribution is 7.09. The van der Waals surface area contributed by atoms with Crippen LogP contribution in [-0.4, -0.2) is 33.5 Å². The second-order valence-electron chi connectivity index (χ2n) is 5.22. The molecule has 0 radical (unpaired) electrons. The number of nitrogens with one attached hydrogen (secondary N) is 1. The Balaban J connectivity index is 1.62. The molecule has 7 heteroatoms. The van der Waals surface area contributed by atoms with Gasteiger partial charge in [0, 0.05) is 24.9 Å². The third kappa shape index (κ3) is 3.40. The number of para-hydroxylation sites is 2. The standard InChI is InChI=1S/C16H19N5OS/c1-11-19-12-4-2-3-5-14(12)21(11)9-8-18-16(22)13-10-23-15(20-13)6-7-17/h2-5,10H,6-9,17H2,1H3,(H,18,22). The number of hydrogen-bond donors (Lipinski definition) is 2. The van der Waals surface area contributed by atoms with Gasteiger partial charge in [-0.15, -0.1) is 11.3 Å². The monoisotopic (exact) mass is 329 g/mol. The summed E-state index contributed by atoms with van der Waals surface area (Å²) in [5.41, 5.74) is 8.02. The van der Waals surface area contributed by atoms with E-state index in [9.17, 15) is 4.79 Å². The van der Waals surface area contributed by atoms with Gasteiger partial charge >= 0.3 is 0 Å². The van der Waals surface area contributed by atoms with Gasteiger partial charge in [-0.2, -0.15) is 0 Å². The van der Waals surface area contributed by atoms with E-state index in [-0.39, 0.29) is 5.91 Å². The van der Waals surface area contributed by atoms with Gasteiger partial charge in [-0.05, 0) is 25.6 Å². The van der Waals surface area contributed by atoms with E-state index in [1.165, 1.54) is 11.3 Å². The summed E-state index contributed by atoms with van der Waals surface area (Å²) in [5.74, 6) is 0.797. The molecule has 120 valence electrons. The maximum absolute atomic E-state index is 12.1. The summed E-state index contributed by atoms with van der Waals surface area (Å²) in [6.07, 6.45) is 0.707. The summed E-state index contributed by atoms with van der Waals surface area (Å²) in [7, 11) is 0. The topological polar surface area (TPSA) is 85.8 Å². The number of aromatic nitrogens is 3. The van der Waals surface area contributed by atoms with E-state index in [0.29, 0.717) is 31.7 Å². The van der Waals surface area contributed by atoms with Crippen LogP contribution in [0.25, 0.3) is 11.0 Å². The number of rotatable bonds is 6. The third-order valence-corrected chi connectivity index (χ3v) is 4.52. The number of nitrogens with two attached hydrogens (primary N) is 1. The molecular formula is C16H19N5OS. The molecule has 2 heterocycles. The summed E-state index contributed by atoms with van der Waals surface area (Å²) in [5, 5.41) is 5.58. The van der Waals surface area contributed by atoms with E-state index in [4.69, 9.17) is 5.73 Å². The average molecular weight is 329 g/mol. The lowest BCUT2D eigenvalue weighted by Gasteiger charge is -2.07. The molecule has 0 bridgehead atoms. The Morgan fingerprint density at radius 2 is 2.17 bits per heavy atom. The van der Waals surface area contributed by atoms with Crippen molar-refractivity contribution in [1.82, 2.24) is 19.9 Å². The molecule has 0 spiro atoms. The number of carbonyl (C=O) groups is 1. The van der Waals surface area contributed by atoms with Crippen molar-refractivity contribution in [3.63, 3.8) is 0 Å². The molecule has 3 aromatic rings. The zero-order chi connectivity index (χ0) is 16.2. The van der Waals surface area contributed by atoms with E-state index < -0.39 is 0 Å². The van der Waals surface area contributed by atoms with Gasteiger partial charge in [0.2, 0.25) is 0 Å². The number of amides is 1. The lowest BCUT2D eigenvalue weighted by Crippen LogP contribution is -2.27. The minimum Gasteiger partial charge on any atom is -0.349 e. The summed E-state index contributed by atoms with van der Waals surface area (Å²) in [6, 6.07) is 8.00. The summed E-state index contributed by atoms with van der Waals surface area (Å²) in [4.78, 5) is 20.9. The fourth-order valence-corrected chi connectivity index (χ4v) is 3.30. The van der Waals surface area contributed by atoms with Gasteiger partial charge in [-0.1, -0.05) is 12.1 Å². The Bertz CT molecular complexity index is 823. The van der Waals surface area contributed by atoms with Gasteiger partial charge < -0.3 is 15.6 Å². The van der Waals surface area contributed by atoms with Crippen LogP contribution in [0.4, 0.5) is 0 Å². The van der Waals surface area contributed by atoms with Crippen LogP contribution in [0.3, 0.4) is 0 Å². The van der Waals surface area contributed by atoms with E-state index in [1.807, 2.05) is 31.2 Å². The normalized spacial score (nSPS) is 11.0. The Labute approximate surface area is 138 Å². The highest BCUT2D eigenvalue weighted by Crippen LogP contribution is 2.15. The Morgan fingerprint density at radius 3 is 3.00 bits per heavy atom. The molecule has 0 saturated heterocycles. The van der Waals surface area contributed by atoms with Crippen LogP contribution in [0.5, 0.6) is 0 Å². The third-order valence-electron chi connectivity index (χ3n) is 3.61. The molecule has 23 heavy (non-hydrogen) atoms. The predicted molar refractivity (Wildman–Crippen MR) is 91.7 cm³/mol. The molecule has 1 amide bonds. The number of fused-ring (bicyclic) bond motifs is 1. The molecule has 2 aromatic heterocycles. The van der Waals surface area contributed by atoms with Crippen LogP contribution in [0.15, 0.2) is 29.6 Å². The SMILES string of the molecule is Cc1nc2ccccc2n1CCNC(=O)c1csc(CCN)n1. The number of aryl methyl sites for hydroxylation is 1. The molecule has 1 aromatic carbocycles. The minimum atomic E-state index is -0.147. The van der Waals surface area contributed by atoms with Crippen LogP contribution >= 0.6 is 11.3 Å². The van der Waals surface area contributed by atoms with Gasteiger partial charge in [0.15, 0.2) is 0 Å². The molecule has 0 fully saturated rings. The fourth-order valence-electron chi connectivity index (χ4n) is 2.50. The molecule has 0 unspecified atom stereocenters. The van der Waals surface area contributed by atoms with Gasteiger partial charge in [0.25, 0.3) is 5.91 Å². The first-order valence-electron chi connectivity index (χ1n) is 7.53. The van der Waals surface area contributed by atoms with E-state index in [2.05, 4.69) is 19.9 Å². The van der Waals surface area contributed by atoms with Crippen LogP contribution in [-0.2, 0) is 13.0 Å². The van der Waals surface area contributed by atoms with Gasteiger partial charge in [0.05, 0.1) is 16.0 Å². The van der Waals surface area contributed by atoms with Crippen molar-refractivity contribution < 1.29 is 4.79 Å². The molecule has 3 N–H and O–H groups in total. The van der Waals surface area contributed by atoms with Crippen LogP contribution in [0.1, 0.15) is 21.3 Å². The van der Waals surface area contributed by atoms with Crippen molar-refractivity contribution in [2.75, 3.05) is 13.1 Å². The second kappa shape index (κ2) is 6.89. The van der Waals surface area contributed by atoms with Crippen molar-refractivity contribution in [2.45, 2.75) is 19.9 Å². The number of nitrogens with zero attached hydrogens (tertiary/aromatic N) is 3. The predicted octanol–water partition coefficient (Wildman–Crippen LogP) is 1.73. The second-order valence-corrected chi connectivity index (χ2v) is 6.16. The van der Waals surface area contributed by atoms with E-state index in [0.717, 1.165) is 21.9 Å². The van der Waals surface area contributed by atoms with Crippen LogP contribution in [0, 0.1) is 6.92 Å². The molecule has 6 nitrogen and oxygen atoms in total. The molecular weight excluding hydrogens is 310 g/mol. The molecule has 0 aliphatic heterocycles. The highest BCUT2D eigenvalue weighted by Gasteiger charge is 2.11. The maximum atomic E-state index is 12.1. The van der Waals surface area contributed by atoms with Crippen LogP contribution < -0.4 is 11.1 Å². The number of imidazole rings is 1. The quantitative estimate of drug-likeness (QED) is 0.721. The fraction of sp³-hybridized carbons (Fsp3) is 0.312. The largest absolute Gasteiger partial charge is 0.349 e. The number of carbonyl (C=O) groups excluding carboxylic acids is 1. The number of thiazole rings is 1.